The lowest BCUT2D eigenvalue weighted by molar-refractivity contribution is -0.120. The summed E-state index contributed by atoms with van der Waals surface area (Å²) in [7, 11) is 1.63. The highest BCUT2D eigenvalue weighted by Crippen LogP contribution is 2.33. The molecule has 0 atom stereocenters. The number of ether oxygens (including phenoxy) is 1. The lowest BCUT2D eigenvalue weighted by atomic mass is 10.1. The molecule has 0 spiro atoms. The van der Waals surface area contributed by atoms with E-state index in [4.69, 9.17) is 4.74 Å². The number of carbonyl (C=O) groups excluding carboxylic acids is 2. The number of methoxy groups -OCH3 is 1. The maximum Gasteiger partial charge on any atom is 0.244 e. The molecule has 8 nitrogen and oxygen atoms in total. The van der Waals surface area contributed by atoms with Crippen molar-refractivity contribution in [3.8, 4) is 17.1 Å². The first kappa shape index (κ1) is 23.6. The van der Waals surface area contributed by atoms with Crippen molar-refractivity contribution in [3.63, 3.8) is 0 Å². The topological polar surface area (TPSA) is 89.4 Å². The van der Waals surface area contributed by atoms with Crippen molar-refractivity contribution in [1.82, 2.24) is 14.8 Å². The minimum atomic E-state index is -0.212. The molecule has 0 unspecified atom stereocenters. The second-order valence-electron chi connectivity index (χ2n) is 8.23. The lowest BCUT2D eigenvalue weighted by Gasteiger charge is -2.29. The van der Waals surface area contributed by atoms with E-state index in [1.165, 1.54) is 22.2 Å². The Morgan fingerprint density at radius 3 is 2.58 bits per heavy atom. The van der Waals surface area contributed by atoms with Crippen molar-refractivity contribution in [3.05, 3.63) is 84.4 Å². The Kier molecular flexibility index (Phi) is 6.99. The number of hydrogen-bond acceptors (Lipinski definition) is 6. The summed E-state index contributed by atoms with van der Waals surface area (Å²) >= 11 is 1.31. The molecule has 36 heavy (non-hydrogen) atoms. The quantitative estimate of drug-likeness (QED) is 0.364. The Balaban J connectivity index is 1.40. The number of amides is 2. The van der Waals surface area contributed by atoms with Crippen molar-refractivity contribution < 1.29 is 14.3 Å². The zero-order chi connectivity index (χ0) is 24.9. The zero-order valence-corrected chi connectivity index (χ0v) is 20.6. The predicted molar refractivity (Wildman–Crippen MR) is 140 cm³/mol. The van der Waals surface area contributed by atoms with Crippen LogP contribution in [0.4, 0.5) is 11.4 Å². The molecule has 1 aromatic heterocycles. The van der Waals surface area contributed by atoms with Crippen LogP contribution in [0, 0.1) is 0 Å². The number of rotatable bonds is 8. The van der Waals surface area contributed by atoms with Gasteiger partial charge in [0.15, 0.2) is 11.0 Å². The lowest BCUT2D eigenvalue weighted by Crippen LogP contribution is -2.43. The Bertz CT molecular complexity index is 1390. The number of hydrogen-bond donors (Lipinski definition) is 1. The van der Waals surface area contributed by atoms with Crippen LogP contribution in [0.25, 0.3) is 11.4 Å². The van der Waals surface area contributed by atoms with Gasteiger partial charge in [0, 0.05) is 6.54 Å². The molecule has 0 bridgehead atoms. The Morgan fingerprint density at radius 2 is 1.75 bits per heavy atom. The van der Waals surface area contributed by atoms with Crippen LogP contribution in [-0.2, 0) is 22.6 Å². The van der Waals surface area contributed by atoms with E-state index in [1.807, 2.05) is 65.2 Å². The van der Waals surface area contributed by atoms with Crippen LogP contribution in [0.5, 0.6) is 5.75 Å². The molecule has 0 radical (unpaired) electrons. The molecular weight excluding hydrogens is 474 g/mol. The molecule has 182 valence electrons. The maximum atomic E-state index is 13.2. The summed E-state index contributed by atoms with van der Waals surface area (Å²) in [6.07, 6.45) is 0.780. The summed E-state index contributed by atoms with van der Waals surface area (Å²) < 4.78 is 7.59. The van der Waals surface area contributed by atoms with Crippen molar-refractivity contribution in [2.24, 2.45) is 0 Å². The highest BCUT2D eigenvalue weighted by atomic mass is 32.2. The van der Waals surface area contributed by atoms with Gasteiger partial charge in [0.25, 0.3) is 0 Å². The zero-order valence-electron chi connectivity index (χ0n) is 19.8. The summed E-state index contributed by atoms with van der Waals surface area (Å²) in [5.41, 5.74) is 3.36. The number of para-hydroxylation sites is 3. The molecule has 3 aromatic carbocycles. The number of fused-ring (bicyclic) bond motifs is 1. The van der Waals surface area contributed by atoms with Crippen LogP contribution in [0.1, 0.15) is 5.56 Å². The second kappa shape index (κ2) is 10.7. The molecule has 9 heteroatoms. The van der Waals surface area contributed by atoms with Crippen molar-refractivity contribution in [1.29, 1.82) is 0 Å². The summed E-state index contributed by atoms with van der Waals surface area (Å²) in [6, 6.07) is 25.2. The highest BCUT2D eigenvalue weighted by Gasteiger charge is 2.27. The predicted octanol–water partition coefficient (Wildman–Crippen LogP) is 4.27. The minimum Gasteiger partial charge on any atom is -0.496 e. The molecule has 2 heterocycles. The van der Waals surface area contributed by atoms with Crippen LogP contribution < -0.4 is 15.0 Å². The molecule has 0 aliphatic carbocycles. The van der Waals surface area contributed by atoms with Gasteiger partial charge in [-0.25, -0.2) is 0 Å². The van der Waals surface area contributed by atoms with Crippen LogP contribution >= 0.6 is 11.8 Å². The second-order valence-corrected chi connectivity index (χ2v) is 9.17. The molecule has 0 saturated heterocycles. The van der Waals surface area contributed by atoms with E-state index in [-0.39, 0.29) is 24.1 Å². The fraction of sp³-hybridized carbons (Fsp3) is 0.185. The van der Waals surface area contributed by atoms with Gasteiger partial charge in [0.1, 0.15) is 12.3 Å². The molecular formula is C27H25N5O3S. The van der Waals surface area contributed by atoms with Crippen LogP contribution in [0.15, 0.2) is 84.0 Å². The molecule has 0 fully saturated rings. The van der Waals surface area contributed by atoms with Gasteiger partial charge in [-0.1, -0.05) is 66.4 Å². The van der Waals surface area contributed by atoms with E-state index < -0.39 is 0 Å². The number of nitrogens with one attached hydrogen (secondary N) is 1. The standard InChI is InChI=1S/C27H25N5O3S/c1-35-23-14-8-5-11-20(23)26-29-30-27(31(26)16-15-19-9-3-2-4-10-19)36-18-25(34)32-17-24(33)28-21-12-6-7-13-22(21)32/h2-14H,15-18H2,1H3,(H,28,33). The SMILES string of the molecule is COc1ccccc1-c1nnc(SCC(=O)N2CC(=O)Nc3ccccc32)n1CCc1ccccc1. The number of carbonyl (C=O) groups is 2. The smallest absolute Gasteiger partial charge is 0.244 e. The average Bonchev–Trinajstić information content (AvgIpc) is 3.33. The molecule has 2 amide bonds. The fourth-order valence-electron chi connectivity index (χ4n) is 4.17. The van der Waals surface area contributed by atoms with Crippen LogP contribution in [0.2, 0.25) is 0 Å². The van der Waals surface area contributed by atoms with Crippen LogP contribution in [0.3, 0.4) is 0 Å². The fourth-order valence-corrected chi connectivity index (χ4v) is 5.01. The van der Waals surface area contributed by atoms with E-state index in [1.54, 1.807) is 13.2 Å². The number of nitrogens with zero attached hydrogens (tertiary/aromatic N) is 4. The van der Waals surface area contributed by atoms with Gasteiger partial charge in [0.05, 0.1) is 29.8 Å². The van der Waals surface area contributed by atoms with E-state index in [0.717, 1.165) is 12.0 Å². The highest BCUT2D eigenvalue weighted by molar-refractivity contribution is 7.99. The van der Waals surface area contributed by atoms with E-state index in [2.05, 4.69) is 27.6 Å². The summed E-state index contributed by atoms with van der Waals surface area (Å²) in [6.45, 7) is 0.624. The molecule has 1 N–H and O–H groups in total. The number of aromatic nitrogens is 3. The monoisotopic (exact) mass is 499 g/mol. The van der Waals surface area contributed by atoms with Crippen molar-refractivity contribution in [2.45, 2.75) is 18.1 Å². The van der Waals surface area contributed by atoms with Crippen molar-refractivity contribution in [2.75, 3.05) is 29.6 Å². The normalized spacial score (nSPS) is 12.7. The first-order valence-electron chi connectivity index (χ1n) is 11.6. The number of aryl methyl sites for hydroxylation is 1. The largest absolute Gasteiger partial charge is 0.496 e. The summed E-state index contributed by atoms with van der Waals surface area (Å²) in [5, 5.41) is 12.3. The Morgan fingerprint density at radius 1 is 1.00 bits per heavy atom. The summed E-state index contributed by atoms with van der Waals surface area (Å²) in [5.74, 6) is 1.13. The van der Waals surface area contributed by atoms with Gasteiger partial charge in [-0.05, 0) is 36.2 Å². The molecule has 4 aromatic rings. The van der Waals surface area contributed by atoms with Gasteiger partial charge < -0.3 is 19.5 Å². The van der Waals surface area contributed by atoms with Crippen molar-refractivity contribution >= 4 is 35.0 Å². The van der Waals surface area contributed by atoms with E-state index in [9.17, 15) is 9.59 Å². The molecule has 5 rings (SSSR count). The van der Waals surface area contributed by atoms with Gasteiger partial charge in [-0.2, -0.15) is 0 Å². The first-order valence-corrected chi connectivity index (χ1v) is 12.5. The van der Waals surface area contributed by atoms with Gasteiger partial charge in [-0.3, -0.25) is 9.59 Å². The number of anilines is 2. The minimum absolute atomic E-state index is 0.0103. The average molecular weight is 500 g/mol. The maximum absolute atomic E-state index is 13.2. The van der Waals surface area contributed by atoms with Gasteiger partial charge >= 0.3 is 0 Å². The Labute approximate surface area is 213 Å². The molecule has 1 aliphatic heterocycles. The molecule has 1 aliphatic rings. The van der Waals surface area contributed by atoms with Gasteiger partial charge in [-0.15, -0.1) is 10.2 Å². The van der Waals surface area contributed by atoms with E-state index >= 15 is 0 Å². The van der Waals surface area contributed by atoms with E-state index in [0.29, 0.717) is 34.6 Å². The van der Waals surface area contributed by atoms with Crippen LogP contribution in [-0.4, -0.2) is 46.0 Å². The van der Waals surface area contributed by atoms with Gasteiger partial charge in [0.2, 0.25) is 11.8 Å². The first-order chi connectivity index (χ1) is 17.6. The summed E-state index contributed by atoms with van der Waals surface area (Å²) in [4.78, 5) is 26.9. The molecule has 0 saturated carbocycles. The third-order valence-electron chi connectivity index (χ3n) is 5.93. The number of benzene rings is 3. The third kappa shape index (κ3) is 4.96. The number of thioether (sulfide) groups is 1. The Hall–Kier alpha value is -4.11. The third-order valence-corrected chi connectivity index (χ3v) is 6.88.